The molecule has 0 saturated heterocycles. The van der Waals surface area contributed by atoms with Gasteiger partial charge in [-0.05, 0) is 24.0 Å². The van der Waals surface area contributed by atoms with Crippen molar-refractivity contribution >= 4 is 17.4 Å². The number of rotatable bonds is 3. The number of non-ortho nitro benzene ring substituents is 1. The number of nitrogens with zero attached hydrogens (tertiary/aromatic N) is 2. The number of benzene rings is 2. The highest BCUT2D eigenvalue weighted by atomic mass is 16.6. The predicted molar refractivity (Wildman–Crippen MR) is 87.4 cm³/mol. The Morgan fingerprint density at radius 2 is 2.00 bits per heavy atom. The fourth-order valence-electron chi connectivity index (χ4n) is 2.76. The van der Waals surface area contributed by atoms with E-state index in [1.807, 2.05) is 30.3 Å². The van der Waals surface area contributed by atoms with Crippen molar-refractivity contribution in [1.29, 1.82) is 0 Å². The zero-order valence-electron chi connectivity index (χ0n) is 12.6. The van der Waals surface area contributed by atoms with Crippen molar-refractivity contribution < 1.29 is 9.72 Å². The number of hydrogen-bond acceptors (Lipinski definition) is 3. The Balaban J connectivity index is 1.77. The Bertz CT molecular complexity index is 731. The smallest absolute Gasteiger partial charge is 0.322 e. The number of urea groups is 1. The Kier molecular flexibility index (Phi) is 4.23. The Hall–Kier alpha value is -2.89. The molecular weight excluding hydrogens is 294 g/mol. The number of nitro benzene ring substituents is 1. The van der Waals surface area contributed by atoms with Crippen molar-refractivity contribution in [3.05, 3.63) is 69.8 Å². The lowest BCUT2D eigenvalue weighted by molar-refractivity contribution is -0.384. The number of hydrogen-bond donors (Lipinski definition) is 1. The molecular formula is C17H17N3O3. The Morgan fingerprint density at radius 3 is 2.74 bits per heavy atom. The number of amides is 2. The molecule has 0 atom stereocenters. The van der Waals surface area contributed by atoms with Crippen molar-refractivity contribution in [2.75, 3.05) is 11.4 Å². The summed E-state index contributed by atoms with van der Waals surface area (Å²) in [5.74, 6) is 0. The molecule has 6 nitrogen and oxygen atoms in total. The molecule has 0 saturated carbocycles. The summed E-state index contributed by atoms with van der Waals surface area (Å²) < 4.78 is 0. The molecule has 0 aliphatic carbocycles. The van der Waals surface area contributed by atoms with Crippen LogP contribution in [-0.2, 0) is 13.0 Å². The maximum absolute atomic E-state index is 12.5. The third kappa shape index (κ3) is 3.31. The molecule has 1 heterocycles. The fourth-order valence-corrected chi connectivity index (χ4v) is 2.76. The molecule has 2 aromatic rings. The van der Waals surface area contributed by atoms with Crippen LogP contribution in [-0.4, -0.2) is 17.5 Å². The van der Waals surface area contributed by atoms with Crippen molar-refractivity contribution in [2.45, 2.75) is 19.4 Å². The Labute approximate surface area is 133 Å². The van der Waals surface area contributed by atoms with Crippen LogP contribution in [0.25, 0.3) is 0 Å². The van der Waals surface area contributed by atoms with Crippen LogP contribution in [0.15, 0.2) is 48.5 Å². The predicted octanol–water partition coefficient (Wildman–Crippen LogP) is 3.26. The normalized spacial score (nSPS) is 13.3. The second kappa shape index (κ2) is 6.48. The minimum absolute atomic E-state index is 0.00603. The third-order valence-corrected chi connectivity index (χ3v) is 3.93. The van der Waals surface area contributed by atoms with E-state index >= 15 is 0 Å². The number of nitro groups is 1. The van der Waals surface area contributed by atoms with Gasteiger partial charge in [0.1, 0.15) is 0 Å². The van der Waals surface area contributed by atoms with Crippen LogP contribution in [0, 0.1) is 10.1 Å². The molecule has 1 N–H and O–H groups in total. The summed E-state index contributed by atoms with van der Waals surface area (Å²) in [6.07, 6.45) is 1.68. The van der Waals surface area contributed by atoms with Gasteiger partial charge >= 0.3 is 6.03 Å². The van der Waals surface area contributed by atoms with Gasteiger partial charge in [0.25, 0.3) is 5.69 Å². The molecule has 1 aliphatic rings. The lowest BCUT2D eigenvalue weighted by atomic mass is 10.0. The lowest BCUT2D eigenvalue weighted by Gasteiger charge is -2.29. The first-order valence-electron chi connectivity index (χ1n) is 7.52. The van der Waals surface area contributed by atoms with Crippen LogP contribution < -0.4 is 10.2 Å². The van der Waals surface area contributed by atoms with Gasteiger partial charge in [-0.1, -0.05) is 36.4 Å². The summed E-state index contributed by atoms with van der Waals surface area (Å²) in [5, 5.41) is 13.8. The second-order valence-corrected chi connectivity index (χ2v) is 5.47. The van der Waals surface area contributed by atoms with Crippen LogP contribution in [0.1, 0.15) is 17.5 Å². The number of nitrogens with one attached hydrogen (secondary N) is 1. The number of anilines is 1. The maximum atomic E-state index is 12.5. The van der Waals surface area contributed by atoms with E-state index in [-0.39, 0.29) is 11.7 Å². The van der Waals surface area contributed by atoms with Crippen molar-refractivity contribution in [1.82, 2.24) is 5.32 Å². The molecule has 0 aromatic heterocycles. The minimum Gasteiger partial charge on any atom is -0.334 e. The van der Waals surface area contributed by atoms with Gasteiger partial charge in [0.05, 0.1) is 10.6 Å². The van der Waals surface area contributed by atoms with E-state index < -0.39 is 4.92 Å². The maximum Gasteiger partial charge on any atom is 0.322 e. The van der Waals surface area contributed by atoms with Crippen molar-refractivity contribution in [2.24, 2.45) is 0 Å². The first-order chi connectivity index (χ1) is 11.1. The summed E-state index contributed by atoms with van der Waals surface area (Å²) in [7, 11) is 0. The number of carbonyl (C=O) groups is 1. The zero-order chi connectivity index (χ0) is 16.2. The van der Waals surface area contributed by atoms with Gasteiger partial charge in [0.2, 0.25) is 0 Å². The molecule has 118 valence electrons. The summed E-state index contributed by atoms with van der Waals surface area (Å²) in [4.78, 5) is 24.6. The fraction of sp³-hybridized carbons (Fsp3) is 0.235. The number of aryl methyl sites for hydroxylation is 1. The number of fused-ring (bicyclic) bond motifs is 1. The molecule has 3 rings (SSSR count). The Morgan fingerprint density at radius 1 is 1.22 bits per heavy atom. The standard InChI is InChI=1S/C17H17N3O3/c21-17(18-12-13-5-2-1-3-6-13)19-10-4-7-14-8-9-15(20(22)23)11-16(14)19/h1-3,5-6,8-9,11H,4,7,10,12H2,(H,18,21). The van der Waals surface area contributed by atoms with Crippen LogP contribution in [0.4, 0.5) is 16.2 Å². The topological polar surface area (TPSA) is 75.5 Å². The summed E-state index contributed by atoms with van der Waals surface area (Å²) >= 11 is 0. The summed E-state index contributed by atoms with van der Waals surface area (Å²) in [6, 6.07) is 14.1. The van der Waals surface area contributed by atoms with Gasteiger partial charge < -0.3 is 5.32 Å². The van der Waals surface area contributed by atoms with Crippen LogP contribution in [0.3, 0.4) is 0 Å². The highest BCUT2D eigenvalue weighted by Crippen LogP contribution is 2.30. The van der Waals surface area contributed by atoms with E-state index in [1.54, 1.807) is 11.0 Å². The molecule has 2 aromatic carbocycles. The van der Waals surface area contributed by atoms with Crippen LogP contribution >= 0.6 is 0 Å². The van der Waals surface area contributed by atoms with Crippen molar-refractivity contribution in [3.8, 4) is 0 Å². The third-order valence-electron chi connectivity index (χ3n) is 3.93. The highest BCUT2D eigenvalue weighted by molar-refractivity contribution is 5.93. The monoisotopic (exact) mass is 311 g/mol. The van der Waals surface area contributed by atoms with E-state index in [2.05, 4.69) is 5.32 Å². The molecule has 1 aliphatic heterocycles. The zero-order valence-corrected chi connectivity index (χ0v) is 12.6. The lowest BCUT2D eigenvalue weighted by Crippen LogP contribution is -2.42. The van der Waals surface area contributed by atoms with Gasteiger partial charge in [-0.2, -0.15) is 0 Å². The first kappa shape index (κ1) is 15.0. The summed E-state index contributed by atoms with van der Waals surface area (Å²) in [6.45, 7) is 0.995. The number of carbonyl (C=O) groups excluding carboxylic acids is 1. The van der Waals surface area contributed by atoms with E-state index in [9.17, 15) is 14.9 Å². The second-order valence-electron chi connectivity index (χ2n) is 5.47. The van der Waals surface area contributed by atoms with E-state index in [4.69, 9.17) is 0 Å². The summed E-state index contributed by atoms with van der Waals surface area (Å²) in [5.41, 5.74) is 2.62. The molecule has 2 amide bonds. The quantitative estimate of drug-likeness (QED) is 0.698. The van der Waals surface area contributed by atoms with Gasteiger partial charge in [0, 0.05) is 25.2 Å². The molecule has 0 fully saturated rings. The molecule has 0 spiro atoms. The molecule has 0 bridgehead atoms. The molecule has 23 heavy (non-hydrogen) atoms. The van der Waals surface area contributed by atoms with Gasteiger partial charge in [-0.3, -0.25) is 15.0 Å². The average molecular weight is 311 g/mol. The van der Waals surface area contributed by atoms with E-state index in [1.165, 1.54) is 12.1 Å². The van der Waals surface area contributed by atoms with Crippen LogP contribution in [0.2, 0.25) is 0 Å². The largest absolute Gasteiger partial charge is 0.334 e. The van der Waals surface area contributed by atoms with E-state index in [0.717, 1.165) is 24.0 Å². The van der Waals surface area contributed by atoms with E-state index in [0.29, 0.717) is 18.8 Å². The SMILES string of the molecule is O=C(NCc1ccccc1)N1CCCc2ccc([N+](=O)[O-])cc21. The van der Waals surface area contributed by atoms with Crippen LogP contribution in [0.5, 0.6) is 0 Å². The molecule has 0 unspecified atom stereocenters. The average Bonchev–Trinajstić information content (AvgIpc) is 2.59. The molecule has 0 radical (unpaired) electrons. The highest BCUT2D eigenvalue weighted by Gasteiger charge is 2.24. The molecule has 6 heteroatoms. The van der Waals surface area contributed by atoms with Gasteiger partial charge in [0.15, 0.2) is 0 Å². The van der Waals surface area contributed by atoms with Gasteiger partial charge in [-0.25, -0.2) is 4.79 Å². The van der Waals surface area contributed by atoms with Gasteiger partial charge in [-0.15, -0.1) is 0 Å². The first-order valence-corrected chi connectivity index (χ1v) is 7.52. The van der Waals surface area contributed by atoms with Crippen molar-refractivity contribution in [3.63, 3.8) is 0 Å². The minimum atomic E-state index is -0.436.